The molecule has 0 aliphatic carbocycles. The zero-order chi connectivity index (χ0) is 14.2. The quantitative estimate of drug-likeness (QED) is 0.776. The lowest BCUT2D eigenvalue weighted by molar-refractivity contribution is 0.294. The maximum absolute atomic E-state index is 3.96. The minimum atomic E-state index is 0.819. The summed E-state index contributed by atoms with van der Waals surface area (Å²) in [5.41, 5.74) is 3.90. The van der Waals surface area contributed by atoms with Gasteiger partial charge in [0.1, 0.15) is 0 Å². The van der Waals surface area contributed by atoms with Gasteiger partial charge in [0.2, 0.25) is 0 Å². The number of nitrogens with one attached hydrogen (secondary N) is 2. The molecule has 2 N–H and O–H groups in total. The van der Waals surface area contributed by atoms with E-state index in [2.05, 4.69) is 58.5 Å². The topological polar surface area (TPSA) is 44.0 Å². The molecule has 0 amide bonds. The van der Waals surface area contributed by atoms with Crippen LogP contribution in [0.3, 0.4) is 0 Å². The maximum Gasteiger partial charge on any atom is 0.0490 e. The van der Waals surface area contributed by atoms with E-state index in [1.54, 1.807) is 6.20 Å². The van der Waals surface area contributed by atoms with Gasteiger partial charge in [-0.3, -0.25) is 10.00 Å². The van der Waals surface area contributed by atoms with Crippen LogP contribution in [0.1, 0.15) is 30.7 Å². The Morgan fingerprint density at radius 3 is 2.45 bits per heavy atom. The molecule has 4 heteroatoms. The number of rotatable bonds is 8. The molecule has 0 saturated carbocycles. The summed E-state index contributed by atoms with van der Waals surface area (Å²) >= 11 is 0. The van der Waals surface area contributed by atoms with Gasteiger partial charge < -0.3 is 5.32 Å². The summed E-state index contributed by atoms with van der Waals surface area (Å²) < 4.78 is 0. The van der Waals surface area contributed by atoms with Crippen molar-refractivity contribution in [3.8, 4) is 0 Å². The van der Waals surface area contributed by atoms with Gasteiger partial charge in [0.25, 0.3) is 0 Å². The molecule has 2 aromatic rings. The van der Waals surface area contributed by atoms with Crippen LogP contribution < -0.4 is 5.32 Å². The third-order valence-corrected chi connectivity index (χ3v) is 3.60. The van der Waals surface area contributed by atoms with Crippen LogP contribution >= 0.6 is 0 Å². The van der Waals surface area contributed by atoms with Gasteiger partial charge in [-0.2, -0.15) is 5.10 Å². The second-order valence-electron chi connectivity index (χ2n) is 4.92. The van der Waals surface area contributed by atoms with Crippen molar-refractivity contribution >= 4 is 0 Å². The number of aromatic nitrogens is 2. The molecule has 1 aromatic carbocycles. The second-order valence-corrected chi connectivity index (χ2v) is 4.92. The fourth-order valence-electron chi connectivity index (χ4n) is 2.29. The number of nitrogens with zero attached hydrogens (tertiary/aromatic N) is 2. The van der Waals surface area contributed by atoms with Crippen LogP contribution in [0.2, 0.25) is 0 Å². The van der Waals surface area contributed by atoms with Gasteiger partial charge in [0.05, 0.1) is 0 Å². The van der Waals surface area contributed by atoms with Crippen molar-refractivity contribution in [2.24, 2.45) is 0 Å². The summed E-state index contributed by atoms with van der Waals surface area (Å²) in [4.78, 5) is 2.44. The Kier molecular flexibility index (Phi) is 5.77. The van der Waals surface area contributed by atoms with E-state index in [9.17, 15) is 0 Å². The maximum atomic E-state index is 3.96. The van der Waals surface area contributed by atoms with E-state index >= 15 is 0 Å². The largest absolute Gasteiger partial charge is 0.307 e. The highest BCUT2D eigenvalue weighted by atomic mass is 15.1. The predicted molar refractivity (Wildman–Crippen MR) is 82.2 cm³/mol. The van der Waals surface area contributed by atoms with Crippen LogP contribution in [0.25, 0.3) is 0 Å². The lowest BCUT2D eigenvalue weighted by Gasteiger charge is -2.20. The van der Waals surface area contributed by atoms with Gasteiger partial charge in [-0.1, -0.05) is 38.1 Å². The number of aromatic amines is 1. The van der Waals surface area contributed by atoms with E-state index < -0.39 is 0 Å². The van der Waals surface area contributed by atoms with Gasteiger partial charge in [0, 0.05) is 31.5 Å². The van der Waals surface area contributed by atoms with E-state index in [1.165, 1.54) is 11.1 Å². The molecule has 0 radical (unpaired) electrons. The Labute approximate surface area is 121 Å². The van der Waals surface area contributed by atoms with Crippen molar-refractivity contribution in [2.45, 2.75) is 33.5 Å². The van der Waals surface area contributed by atoms with Gasteiger partial charge >= 0.3 is 0 Å². The van der Waals surface area contributed by atoms with Crippen molar-refractivity contribution in [3.05, 3.63) is 53.3 Å². The summed E-state index contributed by atoms with van der Waals surface area (Å²) in [6, 6.07) is 10.7. The summed E-state index contributed by atoms with van der Waals surface area (Å²) in [6.45, 7) is 9.33. The van der Waals surface area contributed by atoms with Crippen molar-refractivity contribution in [2.75, 3.05) is 13.1 Å². The number of benzene rings is 1. The van der Waals surface area contributed by atoms with Crippen molar-refractivity contribution in [1.82, 2.24) is 20.4 Å². The zero-order valence-electron chi connectivity index (χ0n) is 12.4. The van der Waals surface area contributed by atoms with Crippen molar-refractivity contribution in [1.29, 1.82) is 0 Å². The monoisotopic (exact) mass is 272 g/mol. The first-order chi connectivity index (χ1) is 9.83. The smallest absolute Gasteiger partial charge is 0.0490 e. The Bertz CT molecular complexity index is 489. The molecule has 20 heavy (non-hydrogen) atoms. The molecule has 4 nitrogen and oxygen atoms in total. The minimum Gasteiger partial charge on any atom is -0.307 e. The lowest BCUT2D eigenvalue weighted by atomic mass is 10.1. The van der Waals surface area contributed by atoms with Crippen LogP contribution in [0.5, 0.6) is 0 Å². The fraction of sp³-hybridized carbons (Fsp3) is 0.438. The Hall–Kier alpha value is -1.65. The number of hydrogen-bond donors (Lipinski definition) is 2. The molecule has 0 bridgehead atoms. The van der Waals surface area contributed by atoms with E-state index in [1.807, 2.05) is 6.07 Å². The molecule has 0 aliphatic heterocycles. The van der Waals surface area contributed by atoms with Crippen LogP contribution in [-0.2, 0) is 19.6 Å². The van der Waals surface area contributed by atoms with E-state index in [0.29, 0.717) is 0 Å². The van der Waals surface area contributed by atoms with Gasteiger partial charge in [-0.15, -0.1) is 0 Å². The SMILES string of the molecule is CCN(CC)Cc1ccccc1CNCc1ccn[nH]1. The highest BCUT2D eigenvalue weighted by Crippen LogP contribution is 2.11. The number of hydrogen-bond acceptors (Lipinski definition) is 3. The first-order valence-corrected chi connectivity index (χ1v) is 7.31. The highest BCUT2D eigenvalue weighted by molar-refractivity contribution is 5.27. The van der Waals surface area contributed by atoms with Crippen molar-refractivity contribution in [3.63, 3.8) is 0 Å². The average molecular weight is 272 g/mol. The van der Waals surface area contributed by atoms with Gasteiger partial charge in [-0.05, 0) is 30.3 Å². The summed E-state index contributed by atoms with van der Waals surface area (Å²) in [5, 5.41) is 10.4. The van der Waals surface area contributed by atoms with E-state index in [4.69, 9.17) is 0 Å². The molecule has 0 spiro atoms. The van der Waals surface area contributed by atoms with Gasteiger partial charge in [-0.25, -0.2) is 0 Å². The minimum absolute atomic E-state index is 0.819. The predicted octanol–water partition coefficient (Wildman–Crippen LogP) is 2.54. The second kappa shape index (κ2) is 7.82. The Balaban J connectivity index is 1.93. The zero-order valence-corrected chi connectivity index (χ0v) is 12.4. The molecule has 0 unspecified atom stereocenters. The normalized spacial score (nSPS) is 11.2. The third-order valence-electron chi connectivity index (χ3n) is 3.60. The van der Waals surface area contributed by atoms with Crippen molar-refractivity contribution < 1.29 is 0 Å². The molecule has 1 heterocycles. The average Bonchev–Trinajstić information content (AvgIpc) is 2.99. The molecular formula is C16H24N4. The lowest BCUT2D eigenvalue weighted by Crippen LogP contribution is -2.23. The van der Waals surface area contributed by atoms with Crippen LogP contribution in [0.4, 0.5) is 0 Å². The van der Waals surface area contributed by atoms with E-state index in [0.717, 1.165) is 38.4 Å². The summed E-state index contributed by atoms with van der Waals surface area (Å²) in [6.07, 6.45) is 1.78. The number of H-pyrrole nitrogens is 1. The standard InChI is InChI=1S/C16H24N4/c1-3-20(4-2)13-15-8-6-5-7-14(15)11-17-12-16-9-10-18-19-16/h5-10,17H,3-4,11-13H2,1-2H3,(H,18,19). The van der Waals surface area contributed by atoms with Crippen LogP contribution in [0, 0.1) is 0 Å². The molecule has 0 atom stereocenters. The molecular weight excluding hydrogens is 248 g/mol. The first-order valence-electron chi connectivity index (χ1n) is 7.31. The summed E-state index contributed by atoms with van der Waals surface area (Å²) in [7, 11) is 0. The summed E-state index contributed by atoms with van der Waals surface area (Å²) in [5.74, 6) is 0. The van der Waals surface area contributed by atoms with Crippen LogP contribution in [0.15, 0.2) is 36.5 Å². The molecule has 108 valence electrons. The van der Waals surface area contributed by atoms with E-state index in [-0.39, 0.29) is 0 Å². The molecule has 0 saturated heterocycles. The first kappa shape index (κ1) is 14.8. The Morgan fingerprint density at radius 2 is 1.80 bits per heavy atom. The molecule has 1 aromatic heterocycles. The Morgan fingerprint density at radius 1 is 1.05 bits per heavy atom. The third kappa shape index (κ3) is 4.18. The van der Waals surface area contributed by atoms with Crippen LogP contribution in [-0.4, -0.2) is 28.2 Å². The molecule has 0 aliphatic rings. The highest BCUT2D eigenvalue weighted by Gasteiger charge is 2.06. The van der Waals surface area contributed by atoms with Gasteiger partial charge in [0.15, 0.2) is 0 Å². The molecule has 2 rings (SSSR count). The molecule has 0 fully saturated rings. The fourth-order valence-corrected chi connectivity index (χ4v) is 2.29.